The third-order valence-electron chi connectivity index (χ3n) is 3.07. The predicted molar refractivity (Wildman–Crippen MR) is 87.4 cm³/mol. The van der Waals surface area contributed by atoms with Crippen LogP contribution >= 0.6 is 11.3 Å². The number of hydrogen-bond acceptors (Lipinski definition) is 4. The van der Waals surface area contributed by atoms with E-state index in [0.29, 0.717) is 0 Å². The Bertz CT molecular complexity index is 731. The van der Waals surface area contributed by atoms with Gasteiger partial charge in [-0.05, 0) is 44.2 Å². The summed E-state index contributed by atoms with van der Waals surface area (Å²) in [5, 5.41) is 0.993. The Morgan fingerprint density at radius 3 is 2.57 bits per heavy atom. The van der Waals surface area contributed by atoms with Crippen molar-refractivity contribution in [1.29, 1.82) is 0 Å². The lowest BCUT2D eigenvalue weighted by Crippen LogP contribution is -2.06. The first-order chi connectivity index (χ1) is 10.2. The van der Waals surface area contributed by atoms with E-state index in [4.69, 9.17) is 9.47 Å². The van der Waals surface area contributed by atoms with Crippen molar-refractivity contribution < 1.29 is 9.47 Å². The molecule has 4 heteroatoms. The molecular formula is C17H17NO2S. The SMILES string of the molecule is COc1ccc(-c2nc3ccccc3s2)cc1OC(C)C. The maximum atomic E-state index is 5.82. The second-order valence-corrected chi connectivity index (χ2v) is 6.05. The highest BCUT2D eigenvalue weighted by molar-refractivity contribution is 7.21. The number of rotatable bonds is 4. The summed E-state index contributed by atoms with van der Waals surface area (Å²) >= 11 is 1.68. The van der Waals surface area contributed by atoms with E-state index < -0.39 is 0 Å². The minimum absolute atomic E-state index is 0.101. The maximum Gasteiger partial charge on any atom is 0.162 e. The van der Waals surface area contributed by atoms with Gasteiger partial charge in [-0.25, -0.2) is 4.98 Å². The lowest BCUT2D eigenvalue weighted by Gasteiger charge is -2.14. The summed E-state index contributed by atoms with van der Waals surface area (Å²) in [5.41, 5.74) is 2.08. The fraction of sp³-hybridized carbons (Fsp3) is 0.235. The van der Waals surface area contributed by atoms with Crippen LogP contribution in [0.2, 0.25) is 0 Å². The van der Waals surface area contributed by atoms with Gasteiger partial charge in [0.25, 0.3) is 0 Å². The number of hydrogen-bond donors (Lipinski definition) is 0. The van der Waals surface area contributed by atoms with Crippen LogP contribution in [0.25, 0.3) is 20.8 Å². The van der Waals surface area contributed by atoms with Gasteiger partial charge < -0.3 is 9.47 Å². The fourth-order valence-corrected chi connectivity index (χ4v) is 3.11. The van der Waals surface area contributed by atoms with Gasteiger partial charge in [0, 0.05) is 5.56 Å². The standard InChI is InChI=1S/C17H17NO2S/c1-11(2)20-15-10-12(8-9-14(15)19-3)17-18-13-6-4-5-7-16(13)21-17/h4-11H,1-3H3. The average molecular weight is 299 g/mol. The first-order valence-electron chi connectivity index (χ1n) is 6.88. The van der Waals surface area contributed by atoms with E-state index in [1.165, 1.54) is 4.70 Å². The molecule has 1 heterocycles. The van der Waals surface area contributed by atoms with Gasteiger partial charge in [-0.3, -0.25) is 0 Å². The van der Waals surface area contributed by atoms with Crippen molar-refractivity contribution in [3.05, 3.63) is 42.5 Å². The molecule has 21 heavy (non-hydrogen) atoms. The molecule has 0 N–H and O–H groups in total. The quantitative estimate of drug-likeness (QED) is 0.696. The van der Waals surface area contributed by atoms with Crippen LogP contribution < -0.4 is 9.47 Å². The van der Waals surface area contributed by atoms with Gasteiger partial charge in [-0.1, -0.05) is 12.1 Å². The zero-order chi connectivity index (χ0) is 14.8. The zero-order valence-electron chi connectivity index (χ0n) is 12.3. The number of nitrogens with zero attached hydrogens (tertiary/aromatic N) is 1. The molecule has 3 aromatic rings. The van der Waals surface area contributed by atoms with Crippen LogP contribution in [0, 0.1) is 0 Å². The Balaban J connectivity index is 2.05. The molecule has 0 amide bonds. The number of para-hydroxylation sites is 1. The predicted octanol–water partition coefficient (Wildman–Crippen LogP) is 4.76. The normalized spacial score (nSPS) is 11.0. The van der Waals surface area contributed by atoms with Crippen molar-refractivity contribution in [1.82, 2.24) is 4.98 Å². The molecule has 108 valence electrons. The molecule has 0 aliphatic carbocycles. The smallest absolute Gasteiger partial charge is 0.162 e. The average Bonchev–Trinajstić information content (AvgIpc) is 2.90. The van der Waals surface area contributed by atoms with E-state index in [9.17, 15) is 0 Å². The third-order valence-corrected chi connectivity index (χ3v) is 4.15. The number of fused-ring (bicyclic) bond motifs is 1. The zero-order valence-corrected chi connectivity index (χ0v) is 13.1. The van der Waals surface area contributed by atoms with Crippen molar-refractivity contribution in [3.8, 4) is 22.1 Å². The van der Waals surface area contributed by atoms with E-state index >= 15 is 0 Å². The van der Waals surface area contributed by atoms with Gasteiger partial charge in [0.05, 0.1) is 23.4 Å². The lowest BCUT2D eigenvalue weighted by atomic mass is 10.2. The highest BCUT2D eigenvalue weighted by atomic mass is 32.1. The molecule has 1 aromatic heterocycles. The molecular weight excluding hydrogens is 282 g/mol. The largest absolute Gasteiger partial charge is 0.493 e. The van der Waals surface area contributed by atoms with Crippen LogP contribution in [-0.2, 0) is 0 Å². The number of aromatic nitrogens is 1. The molecule has 0 radical (unpaired) electrons. The molecule has 0 aliphatic heterocycles. The molecule has 2 aromatic carbocycles. The van der Waals surface area contributed by atoms with Gasteiger partial charge in [-0.15, -0.1) is 11.3 Å². The third kappa shape index (κ3) is 2.85. The van der Waals surface area contributed by atoms with Crippen molar-refractivity contribution in [2.45, 2.75) is 20.0 Å². The van der Waals surface area contributed by atoms with Gasteiger partial charge in [-0.2, -0.15) is 0 Å². The molecule has 0 spiro atoms. The Kier molecular flexibility index (Phi) is 3.80. The molecule has 0 atom stereocenters. The fourth-order valence-electron chi connectivity index (χ4n) is 2.15. The molecule has 3 nitrogen and oxygen atoms in total. The van der Waals surface area contributed by atoms with E-state index in [0.717, 1.165) is 27.6 Å². The summed E-state index contributed by atoms with van der Waals surface area (Å²) in [5.74, 6) is 1.50. The van der Waals surface area contributed by atoms with Gasteiger partial charge >= 0.3 is 0 Å². The molecule has 0 aliphatic rings. The molecule has 0 saturated carbocycles. The first kappa shape index (κ1) is 13.9. The van der Waals surface area contributed by atoms with Crippen LogP contribution in [0.3, 0.4) is 0 Å². The molecule has 0 saturated heterocycles. The van der Waals surface area contributed by atoms with Crippen molar-refractivity contribution in [2.24, 2.45) is 0 Å². The molecule has 0 fully saturated rings. The summed E-state index contributed by atoms with van der Waals surface area (Å²) in [6, 6.07) is 14.1. The van der Waals surface area contributed by atoms with E-state index in [-0.39, 0.29) is 6.10 Å². The minimum atomic E-state index is 0.101. The van der Waals surface area contributed by atoms with Crippen LogP contribution in [-0.4, -0.2) is 18.2 Å². The topological polar surface area (TPSA) is 31.4 Å². The van der Waals surface area contributed by atoms with E-state index in [1.54, 1.807) is 18.4 Å². The second kappa shape index (κ2) is 5.74. The number of ether oxygens (including phenoxy) is 2. The van der Waals surface area contributed by atoms with E-state index in [2.05, 4.69) is 11.1 Å². The molecule has 0 unspecified atom stereocenters. The number of thiazole rings is 1. The van der Waals surface area contributed by atoms with E-state index in [1.807, 2.05) is 50.2 Å². The number of benzene rings is 2. The summed E-state index contributed by atoms with van der Waals surface area (Å²) in [7, 11) is 1.65. The Morgan fingerprint density at radius 1 is 1.05 bits per heavy atom. The Morgan fingerprint density at radius 2 is 1.86 bits per heavy atom. The number of methoxy groups -OCH3 is 1. The summed E-state index contributed by atoms with van der Waals surface area (Å²) in [6.45, 7) is 4.01. The monoisotopic (exact) mass is 299 g/mol. The summed E-state index contributed by atoms with van der Waals surface area (Å²) in [4.78, 5) is 4.68. The highest BCUT2D eigenvalue weighted by Crippen LogP contribution is 2.36. The van der Waals surface area contributed by atoms with Crippen molar-refractivity contribution in [3.63, 3.8) is 0 Å². The Hall–Kier alpha value is -2.07. The lowest BCUT2D eigenvalue weighted by molar-refractivity contribution is 0.230. The van der Waals surface area contributed by atoms with Crippen LogP contribution in [0.4, 0.5) is 0 Å². The van der Waals surface area contributed by atoms with Crippen LogP contribution in [0.1, 0.15) is 13.8 Å². The van der Waals surface area contributed by atoms with Crippen molar-refractivity contribution in [2.75, 3.05) is 7.11 Å². The van der Waals surface area contributed by atoms with Gasteiger partial charge in [0.15, 0.2) is 11.5 Å². The summed E-state index contributed by atoms with van der Waals surface area (Å²) in [6.07, 6.45) is 0.101. The van der Waals surface area contributed by atoms with Crippen molar-refractivity contribution >= 4 is 21.6 Å². The second-order valence-electron chi connectivity index (χ2n) is 5.02. The maximum absolute atomic E-state index is 5.82. The summed E-state index contributed by atoms with van der Waals surface area (Å²) < 4.78 is 12.4. The minimum Gasteiger partial charge on any atom is -0.493 e. The molecule has 0 bridgehead atoms. The molecule has 3 rings (SSSR count). The first-order valence-corrected chi connectivity index (χ1v) is 7.69. The van der Waals surface area contributed by atoms with Gasteiger partial charge in [0.1, 0.15) is 5.01 Å². The van der Waals surface area contributed by atoms with Crippen LogP contribution in [0.15, 0.2) is 42.5 Å². The highest BCUT2D eigenvalue weighted by Gasteiger charge is 2.11. The Labute approximate surface area is 128 Å². The van der Waals surface area contributed by atoms with Gasteiger partial charge in [0.2, 0.25) is 0 Å². The van der Waals surface area contributed by atoms with Crippen LogP contribution in [0.5, 0.6) is 11.5 Å².